The zero-order valence-electron chi connectivity index (χ0n) is 10.5. The van der Waals surface area contributed by atoms with E-state index in [4.69, 9.17) is 5.73 Å². The summed E-state index contributed by atoms with van der Waals surface area (Å²) < 4.78 is 0. The molecule has 2 nitrogen and oxygen atoms in total. The van der Waals surface area contributed by atoms with Crippen molar-refractivity contribution in [2.45, 2.75) is 52.9 Å². The van der Waals surface area contributed by atoms with Gasteiger partial charge in [0.2, 0.25) is 0 Å². The van der Waals surface area contributed by atoms with Crippen LogP contribution in [0.1, 0.15) is 52.9 Å². The van der Waals surface area contributed by atoms with Gasteiger partial charge in [-0.2, -0.15) is 0 Å². The molecule has 1 rings (SSSR count). The third-order valence-corrected chi connectivity index (χ3v) is 3.48. The summed E-state index contributed by atoms with van der Waals surface area (Å²) in [5, 5.41) is 0. The molecule has 0 bridgehead atoms. The Morgan fingerprint density at radius 1 is 1.27 bits per heavy atom. The maximum Gasteiger partial charge on any atom is 0.0968 e. The normalized spacial score (nSPS) is 28.4. The molecule has 0 unspecified atom stereocenters. The molecule has 0 aromatic heterocycles. The second kappa shape index (κ2) is 6.14. The summed E-state index contributed by atoms with van der Waals surface area (Å²) >= 11 is 0. The van der Waals surface area contributed by atoms with Gasteiger partial charge in [0.25, 0.3) is 0 Å². The highest BCUT2D eigenvalue weighted by Gasteiger charge is 2.22. The first-order valence-electron chi connectivity index (χ1n) is 6.43. The first kappa shape index (κ1) is 12.5. The molecular weight excluding hydrogens is 184 g/mol. The highest BCUT2D eigenvalue weighted by Crippen LogP contribution is 2.30. The van der Waals surface area contributed by atoms with Crippen molar-refractivity contribution in [3.05, 3.63) is 0 Å². The first-order chi connectivity index (χ1) is 7.13. The summed E-state index contributed by atoms with van der Waals surface area (Å²) in [7, 11) is 0. The van der Waals surface area contributed by atoms with E-state index in [1.54, 1.807) is 0 Å². The summed E-state index contributed by atoms with van der Waals surface area (Å²) in [5.74, 6) is 3.06. The Morgan fingerprint density at radius 3 is 2.33 bits per heavy atom. The minimum absolute atomic E-state index is 0.576. The van der Waals surface area contributed by atoms with E-state index in [-0.39, 0.29) is 0 Å². The number of nitrogens with zero attached hydrogens (tertiary/aromatic N) is 1. The SMILES string of the molecule is CCC1CCC(C(N)=NCC(C)C)CC1. The van der Waals surface area contributed by atoms with Crippen LogP contribution in [0.5, 0.6) is 0 Å². The molecule has 2 heteroatoms. The second-order valence-electron chi connectivity index (χ2n) is 5.29. The molecule has 15 heavy (non-hydrogen) atoms. The van der Waals surface area contributed by atoms with Gasteiger partial charge >= 0.3 is 0 Å². The van der Waals surface area contributed by atoms with Gasteiger partial charge in [0.05, 0.1) is 5.84 Å². The number of rotatable bonds is 4. The molecule has 0 atom stereocenters. The topological polar surface area (TPSA) is 38.4 Å². The lowest BCUT2D eigenvalue weighted by atomic mass is 9.80. The highest BCUT2D eigenvalue weighted by molar-refractivity contribution is 5.82. The molecule has 1 aliphatic rings. The molecule has 1 saturated carbocycles. The quantitative estimate of drug-likeness (QED) is 0.561. The van der Waals surface area contributed by atoms with Crippen LogP contribution in [0.4, 0.5) is 0 Å². The van der Waals surface area contributed by atoms with Gasteiger partial charge in [-0.1, -0.05) is 27.2 Å². The largest absolute Gasteiger partial charge is 0.387 e. The predicted octanol–water partition coefficient (Wildman–Crippen LogP) is 3.22. The van der Waals surface area contributed by atoms with E-state index < -0.39 is 0 Å². The van der Waals surface area contributed by atoms with Crippen LogP contribution >= 0.6 is 0 Å². The van der Waals surface area contributed by atoms with Crippen LogP contribution < -0.4 is 5.73 Å². The Bertz CT molecular complexity index is 201. The van der Waals surface area contributed by atoms with Gasteiger partial charge in [0.1, 0.15) is 0 Å². The van der Waals surface area contributed by atoms with E-state index in [2.05, 4.69) is 25.8 Å². The molecule has 1 aliphatic carbocycles. The minimum Gasteiger partial charge on any atom is -0.387 e. The van der Waals surface area contributed by atoms with Crippen molar-refractivity contribution in [2.24, 2.45) is 28.5 Å². The summed E-state index contributed by atoms with van der Waals surface area (Å²) in [6, 6.07) is 0. The second-order valence-corrected chi connectivity index (χ2v) is 5.29. The zero-order chi connectivity index (χ0) is 11.3. The maximum absolute atomic E-state index is 6.03. The molecule has 88 valence electrons. The number of hydrogen-bond acceptors (Lipinski definition) is 1. The summed E-state index contributed by atoms with van der Waals surface area (Å²) in [6.45, 7) is 7.55. The first-order valence-corrected chi connectivity index (χ1v) is 6.43. The van der Waals surface area contributed by atoms with Crippen LogP contribution in [0.3, 0.4) is 0 Å². The average molecular weight is 210 g/mol. The molecule has 2 N–H and O–H groups in total. The average Bonchev–Trinajstić information content (AvgIpc) is 2.26. The van der Waals surface area contributed by atoms with Crippen molar-refractivity contribution in [3.63, 3.8) is 0 Å². The van der Waals surface area contributed by atoms with Crippen molar-refractivity contribution in [3.8, 4) is 0 Å². The van der Waals surface area contributed by atoms with Crippen LogP contribution in [-0.4, -0.2) is 12.4 Å². The maximum atomic E-state index is 6.03. The van der Waals surface area contributed by atoms with Gasteiger partial charge in [-0.3, -0.25) is 4.99 Å². The molecule has 0 saturated heterocycles. The lowest BCUT2D eigenvalue weighted by Gasteiger charge is -2.27. The van der Waals surface area contributed by atoms with Gasteiger partial charge in [0, 0.05) is 12.5 Å². The zero-order valence-corrected chi connectivity index (χ0v) is 10.5. The van der Waals surface area contributed by atoms with Gasteiger partial charge in [0.15, 0.2) is 0 Å². The summed E-state index contributed by atoms with van der Waals surface area (Å²) in [4.78, 5) is 4.49. The summed E-state index contributed by atoms with van der Waals surface area (Å²) in [5.41, 5.74) is 6.03. The number of hydrogen-bond donors (Lipinski definition) is 1. The fourth-order valence-electron chi connectivity index (χ4n) is 2.28. The smallest absolute Gasteiger partial charge is 0.0968 e. The molecule has 1 fully saturated rings. The number of nitrogens with two attached hydrogens (primary N) is 1. The molecular formula is C13H26N2. The fourth-order valence-corrected chi connectivity index (χ4v) is 2.28. The van der Waals surface area contributed by atoms with Crippen LogP contribution in [0, 0.1) is 17.8 Å². The Balaban J connectivity index is 2.35. The van der Waals surface area contributed by atoms with E-state index in [9.17, 15) is 0 Å². The molecule has 0 spiro atoms. The molecule has 0 heterocycles. The third-order valence-electron chi connectivity index (χ3n) is 3.48. The molecule has 0 aliphatic heterocycles. The number of amidine groups is 1. The van der Waals surface area contributed by atoms with Crippen molar-refractivity contribution < 1.29 is 0 Å². The van der Waals surface area contributed by atoms with Gasteiger partial charge in [-0.15, -0.1) is 0 Å². The van der Waals surface area contributed by atoms with Gasteiger partial charge < -0.3 is 5.73 Å². The Kier molecular flexibility index (Phi) is 5.13. The lowest BCUT2D eigenvalue weighted by molar-refractivity contribution is 0.313. The van der Waals surface area contributed by atoms with Crippen LogP contribution in [0.25, 0.3) is 0 Å². The standard InChI is InChI=1S/C13H26N2/c1-4-11-5-7-12(8-6-11)13(14)15-9-10(2)3/h10-12H,4-9H2,1-3H3,(H2,14,15). The van der Waals surface area contributed by atoms with Gasteiger partial charge in [-0.05, 0) is 37.5 Å². The van der Waals surface area contributed by atoms with Crippen LogP contribution in [0.2, 0.25) is 0 Å². The Hall–Kier alpha value is -0.530. The van der Waals surface area contributed by atoms with E-state index in [0.29, 0.717) is 11.8 Å². The minimum atomic E-state index is 0.576. The van der Waals surface area contributed by atoms with Crippen LogP contribution in [-0.2, 0) is 0 Å². The highest BCUT2D eigenvalue weighted by atomic mass is 14.9. The van der Waals surface area contributed by atoms with E-state index in [1.165, 1.54) is 32.1 Å². The molecule has 0 aromatic carbocycles. The van der Waals surface area contributed by atoms with Crippen molar-refractivity contribution in [2.75, 3.05) is 6.54 Å². The Labute approximate surface area is 94.3 Å². The van der Waals surface area contributed by atoms with E-state index in [1.807, 2.05) is 0 Å². The predicted molar refractivity (Wildman–Crippen MR) is 67.1 cm³/mol. The fraction of sp³-hybridized carbons (Fsp3) is 0.923. The van der Waals surface area contributed by atoms with Crippen molar-refractivity contribution in [1.82, 2.24) is 0 Å². The monoisotopic (exact) mass is 210 g/mol. The number of aliphatic imine (C=N–C) groups is 1. The van der Waals surface area contributed by atoms with Crippen molar-refractivity contribution >= 4 is 5.84 Å². The Morgan fingerprint density at radius 2 is 1.87 bits per heavy atom. The van der Waals surface area contributed by atoms with Gasteiger partial charge in [-0.25, -0.2) is 0 Å². The van der Waals surface area contributed by atoms with Crippen molar-refractivity contribution in [1.29, 1.82) is 0 Å². The molecule has 0 radical (unpaired) electrons. The van der Waals surface area contributed by atoms with E-state index >= 15 is 0 Å². The summed E-state index contributed by atoms with van der Waals surface area (Å²) in [6.07, 6.45) is 6.53. The molecule has 0 amide bonds. The molecule has 0 aromatic rings. The van der Waals surface area contributed by atoms with Crippen LogP contribution in [0.15, 0.2) is 4.99 Å². The third kappa shape index (κ3) is 4.23. The van der Waals surface area contributed by atoms with E-state index in [0.717, 1.165) is 18.3 Å². The lowest BCUT2D eigenvalue weighted by Crippen LogP contribution is -2.28.